The molecule has 1 aromatic rings. The second kappa shape index (κ2) is 9.88. The van der Waals surface area contributed by atoms with Gasteiger partial charge in [-0.2, -0.15) is 4.31 Å². The van der Waals surface area contributed by atoms with Gasteiger partial charge in [-0.05, 0) is 71.1 Å². The van der Waals surface area contributed by atoms with Gasteiger partial charge < -0.3 is 9.64 Å². The summed E-state index contributed by atoms with van der Waals surface area (Å²) in [7, 11) is -3.72. The fourth-order valence-electron chi connectivity index (χ4n) is 4.42. The quantitative estimate of drug-likeness (QED) is 0.610. The number of nitrogens with zero attached hydrogens (tertiary/aromatic N) is 2. The summed E-state index contributed by atoms with van der Waals surface area (Å²) in [5.41, 5.74) is -0.0563. The number of ether oxygens (including phenoxy) is 1. The van der Waals surface area contributed by atoms with Gasteiger partial charge in [0.05, 0.1) is 15.5 Å². The van der Waals surface area contributed by atoms with Gasteiger partial charge in [0.25, 0.3) is 5.91 Å². The molecule has 0 N–H and O–H groups in total. The number of rotatable bonds is 5. The van der Waals surface area contributed by atoms with Crippen LogP contribution >= 0.6 is 11.6 Å². The van der Waals surface area contributed by atoms with Gasteiger partial charge in [0.2, 0.25) is 10.0 Å². The molecular formula is C22H31ClN2O5S. The molecule has 172 valence electrons. The van der Waals surface area contributed by atoms with Crippen LogP contribution in [0.15, 0.2) is 23.1 Å². The van der Waals surface area contributed by atoms with E-state index in [1.807, 2.05) is 13.8 Å². The Balaban J connectivity index is 1.77. The molecule has 9 heteroatoms. The van der Waals surface area contributed by atoms with Crippen LogP contribution in [0.25, 0.3) is 0 Å². The highest BCUT2D eigenvalue weighted by Crippen LogP contribution is 2.27. The predicted octanol–water partition coefficient (Wildman–Crippen LogP) is 3.85. The van der Waals surface area contributed by atoms with Crippen molar-refractivity contribution in [3.63, 3.8) is 0 Å². The van der Waals surface area contributed by atoms with Crippen LogP contribution in [0.3, 0.4) is 0 Å². The summed E-state index contributed by atoms with van der Waals surface area (Å²) in [4.78, 5) is 27.5. The number of hydrogen-bond acceptors (Lipinski definition) is 5. The van der Waals surface area contributed by atoms with Crippen molar-refractivity contribution in [1.82, 2.24) is 9.21 Å². The smallest absolute Gasteiger partial charge is 0.340 e. The maximum Gasteiger partial charge on any atom is 0.340 e. The zero-order valence-corrected chi connectivity index (χ0v) is 19.9. The molecule has 0 radical (unpaired) electrons. The summed E-state index contributed by atoms with van der Waals surface area (Å²) in [6, 6.07) is 4.20. The van der Waals surface area contributed by atoms with Gasteiger partial charge in [-0.3, -0.25) is 4.79 Å². The number of carbonyl (C=O) groups is 2. The number of piperidine rings is 2. The van der Waals surface area contributed by atoms with Crippen LogP contribution in [0.1, 0.15) is 69.7 Å². The Bertz CT molecular complexity index is 920. The van der Waals surface area contributed by atoms with E-state index >= 15 is 0 Å². The number of amides is 1. The lowest BCUT2D eigenvalue weighted by Gasteiger charge is -2.40. The van der Waals surface area contributed by atoms with Gasteiger partial charge in [-0.1, -0.05) is 18.0 Å². The first-order chi connectivity index (χ1) is 14.6. The van der Waals surface area contributed by atoms with Gasteiger partial charge in [-0.25, -0.2) is 13.2 Å². The molecule has 2 fully saturated rings. The molecule has 31 heavy (non-hydrogen) atoms. The second-order valence-corrected chi connectivity index (χ2v) is 10.9. The van der Waals surface area contributed by atoms with Crippen LogP contribution in [0, 0.1) is 0 Å². The summed E-state index contributed by atoms with van der Waals surface area (Å²) in [6.07, 6.45) is 4.54. The first kappa shape index (κ1) is 24.0. The van der Waals surface area contributed by atoms with Crippen molar-refractivity contribution in [2.45, 2.75) is 82.4 Å². The molecule has 0 saturated carbocycles. The maximum absolute atomic E-state index is 13.0. The van der Waals surface area contributed by atoms with E-state index in [0.717, 1.165) is 38.5 Å². The first-order valence-electron chi connectivity index (χ1n) is 11.0. The van der Waals surface area contributed by atoms with Crippen LogP contribution in [-0.2, 0) is 19.6 Å². The van der Waals surface area contributed by atoms with E-state index in [1.54, 1.807) is 4.90 Å². The topological polar surface area (TPSA) is 84.0 Å². The Hall–Kier alpha value is -1.64. The number of halogens is 1. The Labute approximate surface area is 189 Å². The van der Waals surface area contributed by atoms with Gasteiger partial charge in [-0.15, -0.1) is 0 Å². The Morgan fingerprint density at radius 1 is 1.06 bits per heavy atom. The predicted molar refractivity (Wildman–Crippen MR) is 119 cm³/mol. The van der Waals surface area contributed by atoms with Crippen molar-refractivity contribution >= 4 is 33.5 Å². The van der Waals surface area contributed by atoms with Crippen LogP contribution in [0.4, 0.5) is 0 Å². The van der Waals surface area contributed by atoms with E-state index in [4.69, 9.17) is 16.3 Å². The molecule has 3 rings (SSSR count). The Morgan fingerprint density at radius 3 is 2.29 bits per heavy atom. The summed E-state index contributed by atoms with van der Waals surface area (Å²) in [5, 5.41) is 0.0851. The fourth-order valence-corrected chi connectivity index (χ4v) is 6.15. The molecule has 1 amide bonds. The van der Waals surface area contributed by atoms with Crippen molar-refractivity contribution in [3.05, 3.63) is 28.8 Å². The second-order valence-electron chi connectivity index (χ2n) is 8.53. The molecule has 2 heterocycles. The standard InChI is InChI=1S/C22H31ClN2O5S/c1-15-8-7-9-16(2)25(15)21(26)17(3)30-22(27)19-14-18(10-11-20(19)23)31(28,29)24-12-5-4-6-13-24/h10-11,14-17H,4-9,12-13H2,1-3H3/t15-,16+,17-/m0/s1. The van der Waals surface area contributed by atoms with Gasteiger partial charge in [0.15, 0.2) is 6.10 Å². The SMILES string of the molecule is C[C@H](OC(=O)c1cc(S(=O)(=O)N2CCCCC2)ccc1Cl)C(=O)N1[C@H](C)CCC[C@@H]1C. The zero-order chi connectivity index (χ0) is 22.8. The van der Waals surface area contributed by atoms with Crippen LogP contribution in [-0.4, -0.2) is 60.8 Å². The highest BCUT2D eigenvalue weighted by atomic mass is 35.5. The van der Waals surface area contributed by atoms with Gasteiger partial charge >= 0.3 is 5.97 Å². The van der Waals surface area contributed by atoms with Gasteiger partial charge in [0, 0.05) is 25.2 Å². The summed E-state index contributed by atoms with van der Waals surface area (Å²) in [6.45, 7) is 6.45. The largest absolute Gasteiger partial charge is 0.449 e. The fraction of sp³-hybridized carbons (Fsp3) is 0.636. The highest BCUT2D eigenvalue weighted by molar-refractivity contribution is 7.89. The molecule has 3 atom stereocenters. The monoisotopic (exact) mass is 470 g/mol. The highest BCUT2D eigenvalue weighted by Gasteiger charge is 2.34. The molecule has 0 aromatic heterocycles. The molecule has 0 bridgehead atoms. The van der Waals surface area contributed by atoms with Crippen molar-refractivity contribution < 1.29 is 22.7 Å². The minimum Gasteiger partial charge on any atom is -0.449 e. The third-order valence-corrected chi connectivity index (χ3v) is 8.41. The van der Waals surface area contributed by atoms with Crippen molar-refractivity contribution in [1.29, 1.82) is 0 Å². The zero-order valence-electron chi connectivity index (χ0n) is 18.3. The Kier molecular flexibility index (Phi) is 7.65. The molecule has 1 aromatic carbocycles. The summed E-state index contributed by atoms with van der Waals surface area (Å²) >= 11 is 6.18. The first-order valence-corrected chi connectivity index (χ1v) is 12.8. The van der Waals surface area contributed by atoms with E-state index in [2.05, 4.69) is 0 Å². The Morgan fingerprint density at radius 2 is 1.68 bits per heavy atom. The third kappa shape index (κ3) is 5.23. The number of benzene rings is 1. The third-order valence-electron chi connectivity index (χ3n) is 6.19. The number of likely N-dealkylation sites (tertiary alicyclic amines) is 1. The van der Waals surface area contributed by atoms with Crippen LogP contribution < -0.4 is 0 Å². The average Bonchev–Trinajstić information content (AvgIpc) is 2.74. The molecule has 2 aliphatic heterocycles. The molecule has 7 nitrogen and oxygen atoms in total. The molecule has 2 aliphatic rings. The minimum atomic E-state index is -3.72. The van der Waals surface area contributed by atoms with E-state index in [-0.39, 0.29) is 33.5 Å². The average molecular weight is 471 g/mol. The number of sulfonamides is 1. The number of hydrogen-bond donors (Lipinski definition) is 0. The van der Waals surface area contributed by atoms with Crippen molar-refractivity contribution in [2.75, 3.05) is 13.1 Å². The molecule has 0 aliphatic carbocycles. The van der Waals surface area contributed by atoms with E-state index in [1.165, 1.54) is 29.4 Å². The van der Waals surface area contributed by atoms with Crippen LogP contribution in [0.2, 0.25) is 5.02 Å². The van der Waals surface area contributed by atoms with Crippen molar-refractivity contribution in [3.8, 4) is 0 Å². The molecule has 0 spiro atoms. The molecule has 0 unspecified atom stereocenters. The number of esters is 1. The summed E-state index contributed by atoms with van der Waals surface area (Å²) < 4.78 is 32.8. The van der Waals surface area contributed by atoms with E-state index in [0.29, 0.717) is 13.1 Å². The van der Waals surface area contributed by atoms with E-state index < -0.39 is 22.1 Å². The van der Waals surface area contributed by atoms with Crippen LogP contribution in [0.5, 0.6) is 0 Å². The molecule has 2 saturated heterocycles. The lowest BCUT2D eigenvalue weighted by atomic mass is 9.97. The van der Waals surface area contributed by atoms with E-state index in [9.17, 15) is 18.0 Å². The maximum atomic E-state index is 13.0. The lowest BCUT2D eigenvalue weighted by Crippen LogP contribution is -2.51. The minimum absolute atomic E-state index is 0.00278. The lowest BCUT2D eigenvalue weighted by molar-refractivity contribution is -0.146. The normalized spacial score (nSPS) is 23.9. The summed E-state index contributed by atoms with van der Waals surface area (Å²) in [5.74, 6) is -1.06. The van der Waals surface area contributed by atoms with Crippen molar-refractivity contribution in [2.24, 2.45) is 0 Å². The molecular weight excluding hydrogens is 440 g/mol. The van der Waals surface area contributed by atoms with Gasteiger partial charge in [0.1, 0.15) is 0 Å². The number of carbonyl (C=O) groups excluding carboxylic acids is 2.